The predicted octanol–water partition coefficient (Wildman–Crippen LogP) is 0.700. The van der Waals surface area contributed by atoms with Gasteiger partial charge in [0, 0.05) is 0 Å². The zero-order valence-electron chi connectivity index (χ0n) is 9.43. The van der Waals surface area contributed by atoms with Crippen molar-refractivity contribution in [3.8, 4) is 0 Å². The van der Waals surface area contributed by atoms with Crippen LogP contribution in [0.1, 0.15) is 16.7 Å². The van der Waals surface area contributed by atoms with Gasteiger partial charge in [-0.05, 0) is 30.5 Å². The molecule has 0 amide bonds. The predicted molar refractivity (Wildman–Crippen MR) is 58.8 cm³/mol. The second-order valence-electron chi connectivity index (χ2n) is 3.66. The molecule has 0 spiro atoms. The van der Waals surface area contributed by atoms with Crippen LogP contribution in [-0.4, -0.2) is 29.1 Å². The van der Waals surface area contributed by atoms with Crippen molar-refractivity contribution in [3.63, 3.8) is 0 Å². The molecule has 4 heteroatoms. The van der Waals surface area contributed by atoms with Crippen molar-refractivity contribution < 1.29 is 19.7 Å². The molecule has 1 aromatic rings. The van der Waals surface area contributed by atoms with E-state index in [-0.39, 0.29) is 6.42 Å². The molecule has 1 rings (SSSR count). The summed E-state index contributed by atoms with van der Waals surface area (Å²) < 4.78 is 4.56. The monoisotopic (exact) mass is 224 g/mol. The smallest absolute Gasteiger partial charge is 0.312 e. The molecule has 4 nitrogen and oxygen atoms in total. The maximum absolute atomic E-state index is 11.4. The van der Waals surface area contributed by atoms with Crippen LogP contribution in [0.15, 0.2) is 18.2 Å². The SMILES string of the molecule is Cc1cccc(CC(=O)OC(O)CO)c1C. The third kappa shape index (κ3) is 3.32. The molecule has 1 aromatic carbocycles. The summed E-state index contributed by atoms with van der Waals surface area (Å²) in [5.41, 5.74) is 3.01. The van der Waals surface area contributed by atoms with Gasteiger partial charge in [0.1, 0.15) is 6.61 Å². The first-order chi connectivity index (χ1) is 7.54. The van der Waals surface area contributed by atoms with Crippen LogP contribution in [0.4, 0.5) is 0 Å². The molecule has 0 aliphatic rings. The van der Waals surface area contributed by atoms with Crippen molar-refractivity contribution in [2.24, 2.45) is 0 Å². The molecule has 16 heavy (non-hydrogen) atoms. The highest BCUT2D eigenvalue weighted by Gasteiger charge is 2.12. The van der Waals surface area contributed by atoms with Crippen LogP contribution < -0.4 is 0 Å². The lowest BCUT2D eigenvalue weighted by molar-refractivity contribution is -0.172. The molecule has 2 N–H and O–H groups in total. The number of hydrogen-bond donors (Lipinski definition) is 2. The van der Waals surface area contributed by atoms with Crippen molar-refractivity contribution >= 4 is 5.97 Å². The normalized spacial score (nSPS) is 12.2. The first-order valence-electron chi connectivity index (χ1n) is 5.08. The number of hydrogen-bond acceptors (Lipinski definition) is 4. The van der Waals surface area contributed by atoms with E-state index in [0.717, 1.165) is 16.7 Å². The molecule has 1 unspecified atom stereocenters. The lowest BCUT2D eigenvalue weighted by Crippen LogP contribution is -2.22. The summed E-state index contributed by atoms with van der Waals surface area (Å²) in [6.07, 6.45) is -1.33. The highest BCUT2D eigenvalue weighted by Crippen LogP contribution is 2.13. The van der Waals surface area contributed by atoms with Crippen LogP contribution in [0.5, 0.6) is 0 Å². The Morgan fingerprint density at radius 1 is 1.44 bits per heavy atom. The molecule has 0 fully saturated rings. The number of benzene rings is 1. The summed E-state index contributed by atoms with van der Waals surface area (Å²) in [7, 11) is 0. The Kier molecular flexibility index (Phi) is 4.46. The van der Waals surface area contributed by atoms with Crippen molar-refractivity contribution in [3.05, 3.63) is 34.9 Å². The number of aryl methyl sites for hydroxylation is 1. The van der Waals surface area contributed by atoms with Crippen LogP contribution in [0.25, 0.3) is 0 Å². The minimum atomic E-state index is -1.43. The minimum Gasteiger partial charge on any atom is -0.433 e. The summed E-state index contributed by atoms with van der Waals surface area (Å²) >= 11 is 0. The highest BCUT2D eigenvalue weighted by atomic mass is 16.6. The van der Waals surface area contributed by atoms with E-state index in [2.05, 4.69) is 4.74 Å². The van der Waals surface area contributed by atoms with Gasteiger partial charge in [-0.25, -0.2) is 0 Å². The fourth-order valence-electron chi connectivity index (χ4n) is 1.39. The summed E-state index contributed by atoms with van der Waals surface area (Å²) in [6, 6.07) is 5.68. The van der Waals surface area contributed by atoms with Crippen LogP contribution in [0.2, 0.25) is 0 Å². The first kappa shape index (κ1) is 12.7. The fraction of sp³-hybridized carbons (Fsp3) is 0.417. The minimum absolute atomic E-state index is 0.102. The van der Waals surface area contributed by atoms with E-state index in [1.807, 2.05) is 32.0 Å². The third-order valence-corrected chi connectivity index (χ3v) is 2.48. The molecule has 0 radical (unpaired) electrons. The lowest BCUT2D eigenvalue weighted by Gasteiger charge is -2.11. The molecule has 0 aliphatic carbocycles. The average Bonchev–Trinajstić information content (AvgIpc) is 2.24. The van der Waals surface area contributed by atoms with Crippen molar-refractivity contribution in [2.45, 2.75) is 26.6 Å². The Hall–Kier alpha value is -1.39. The van der Waals surface area contributed by atoms with Gasteiger partial charge >= 0.3 is 5.97 Å². The number of ether oxygens (including phenoxy) is 1. The molecular weight excluding hydrogens is 208 g/mol. The Bertz CT molecular complexity index is 373. The Balaban J connectivity index is 2.66. The highest BCUT2D eigenvalue weighted by molar-refractivity contribution is 5.73. The van der Waals surface area contributed by atoms with Gasteiger partial charge in [0.2, 0.25) is 6.29 Å². The Morgan fingerprint density at radius 2 is 2.12 bits per heavy atom. The quantitative estimate of drug-likeness (QED) is 0.583. The number of aliphatic hydroxyl groups excluding tert-OH is 2. The molecular formula is C12H16O4. The fourth-order valence-corrected chi connectivity index (χ4v) is 1.39. The number of carbonyl (C=O) groups is 1. The zero-order valence-corrected chi connectivity index (χ0v) is 9.43. The second kappa shape index (κ2) is 5.63. The number of carbonyl (C=O) groups excluding carboxylic acids is 1. The van der Waals surface area contributed by atoms with E-state index < -0.39 is 18.9 Å². The van der Waals surface area contributed by atoms with Gasteiger partial charge in [-0.1, -0.05) is 18.2 Å². The molecule has 0 aromatic heterocycles. The first-order valence-corrected chi connectivity index (χ1v) is 5.08. The zero-order chi connectivity index (χ0) is 12.1. The average molecular weight is 224 g/mol. The van der Waals surface area contributed by atoms with E-state index in [1.165, 1.54) is 0 Å². The van der Waals surface area contributed by atoms with Gasteiger partial charge in [0.05, 0.1) is 6.42 Å². The molecule has 0 bridgehead atoms. The van der Waals surface area contributed by atoms with Crippen molar-refractivity contribution in [1.29, 1.82) is 0 Å². The second-order valence-corrected chi connectivity index (χ2v) is 3.66. The van der Waals surface area contributed by atoms with Gasteiger partial charge in [0.15, 0.2) is 0 Å². The molecule has 1 atom stereocenters. The molecule has 0 aliphatic heterocycles. The van der Waals surface area contributed by atoms with Crippen LogP contribution in [0, 0.1) is 13.8 Å². The molecule has 0 saturated heterocycles. The topological polar surface area (TPSA) is 66.8 Å². The van der Waals surface area contributed by atoms with Crippen molar-refractivity contribution in [2.75, 3.05) is 6.61 Å². The largest absolute Gasteiger partial charge is 0.433 e. The van der Waals surface area contributed by atoms with E-state index in [4.69, 9.17) is 10.2 Å². The number of aliphatic hydroxyl groups is 2. The lowest BCUT2D eigenvalue weighted by atomic mass is 10.0. The van der Waals surface area contributed by atoms with Crippen LogP contribution >= 0.6 is 0 Å². The summed E-state index contributed by atoms with van der Waals surface area (Å²) in [6.45, 7) is 3.31. The number of rotatable bonds is 4. The van der Waals surface area contributed by atoms with E-state index >= 15 is 0 Å². The van der Waals surface area contributed by atoms with Gasteiger partial charge in [-0.2, -0.15) is 0 Å². The van der Waals surface area contributed by atoms with Crippen molar-refractivity contribution in [1.82, 2.24) is 0 Å². The maximum atomic E-state index is 11.4. The number of esters is 1. The summed E-state index contributed by atoms with van der Waals surface area (Å²) in [5, 5.41) is 17.5. The summed E-state index contributed by atoms with van der Waals surface area (Å²) in [5.74, 6) is -0.546. The van der Waals surface area contributed by atoms with Crippen LogP contribution in [0.3, 0.4) is 0 Å². The van der Waals surface area contributed by atoms with E-state index in [0.29, 0.717) is 0 Å². The standard InChI is InChI=1S/C12H16O4/c1-8-4-3-5-10(9(8)2)6-11(14)16-12(15)7-13/h3-5,12-13,15H,6-7H2,1-2H3. The molecule has 0 heterocycles. The maximum Gasteiger partial charge on any atom is 0.312 e. The van der Waals surface area contributed by atoms with Gasteiger partial charge < -0.3 is 14.9 Å². The van der Waals surface area contributed by atoms with Gasteiger partial charge in [-0.3, -0.25) is 4.79 Å². The third-order valence-electron chi connectivity index (χ3n) is 2.48. The van der Waals surface area contributed by atoms with E-state index in [9.17, 15) is 4.79 Å². The van der Waals surface area contributed by atoms with E-state index in [1.54, 1.807) is 0 Å². The Labute approximate surface area is 94.5 Å². The van der Waals surface area contributed by atoms with Gasteiger partial charge in [-0.15, -0.1) is 0 Å². The molecule has 88 valence electrons. The Morgan fingerprint density at radius 3 is 2.75 bits per heavy atom. The van der Waals surface area contributed by atoms with Crippen LogP contribution in [-0.2, 0) is 16.0 Å². The molecule has 0 saturated carbocycles. The van der Waals surface area contributed by atoms with Gasteiger partial charge in [0.25, 0.3) is 0 Å². The summed E-state index contributed by atoms with van der Waals surface area (Å²) in [4.78, 5) is 11.4.